The van der Waals surface area contributed by atoms with Crippen LogP contribution in [0.15, 0.2) is 0 Å². The third-order valence-corrected chi connectivity index (χ3v) is 4.62. The number of carbonyl (C=O) groups is 1. The minimum Gasteiger partial charge on any atom is -0.480 e. The Bertz CT molecular complexity index is 344. The van der Waals surface area contributed by atoms with Crippen molar-refractivity contribution in [3.05, 3.63) is 0 Å². The van der Waals surface area contributed by atoms with Gasteiger partial charge in [0, 0.05) is 19.6 Å². The molecule has 2 N–H and O–H groups in total. The van der Waals surface area contributed by atoms with Gasteiger partial charge in [0.25, 0.3) is 0 Å². The van der Waals surface area contributed by atoms with E-state index in [1.807, 2.05) is 4.90 Å². The summed E-state index contributed by atoms with van der Waals surface area (Å²) in [5.74, 6) is -2.32. The molecule has 0 atom stereocenters. The van der Waals surface area contributed by atoms with Crippen LogP contribution in [-0.4, -0.2) is 53.9 Å². The Hall–Kier alpha value is -0.820. The summed E-state index contributed by atoms with van der Waals surface area (Å²) in [6.07, 6.45) is -3.36. The molecule has 1 aliphatic carbocycles. The number of rotatable bonds is 2. The Labute approximate surface area is 116 Å². The maximum atomic E-state index is 12.7. The lowest BCUT2D eigenvalue weighted by Crippen LogP contribution is -2.58. The Morgan fingerprint density at radius 3 is 2.40 bits per heavy atom. The number of halogens is 3. The van der Waals surface area contributed by atoms with Crippen molar-refractivity contribution in [1.82, 2.24) is 10.2 Å². The van der Waals surface area contributed by atoms with E-state index in [0.29, 0.717) is 19.6 Å². The van der Waals surface area contributed by atoms with Gasteiger partial charge in [0.15, 0.2) is 0 Å². The summed E-state index contributed by atoms with van der Waals surface area (Å²) in [4.78, 5) is 13.6. The average Bonchev–Trinajstić information content (AvgIpc) is 2.66. The second kappa shape index (κ2) is 5.89. The van der Waals surface area contributed by atoms with Gasteiger partial charge < -0.3 is 10.4 Å². The number of nitrogens with one attached hydrogen (secondary N) is 1. The first-order chi connectivity index (χ1) is 9.36. The second-order valence-corrected chi connectivity index (χ2v) is 5.74. The van der Waals surface area contributed by atoms with Crippen molar-refractivity contribution in [2.24, 2.45) is 5.92 Å². The fourth-order valence-corrected chi connectivity index (χ4v) is 3.36. The quantitative estimate of drug-likeness (QED) is 0.816. The van der Waals surface area contributed by atoms with Crippen LogP contribution in [0.2, 0.25) is 0 Å². The predicted octanol–water partition coefficient (Wildman–Crippen LogP) is 1.86. The van der Waals surface area contributed by atoms with Crippen molar-refractivity contribution in [1.29, 1.82) is 0 Å². The van der Waals surface area contributed by atoms with E-state index in [9.17, 15) is 23.1 Å². The minimum absolute atomic E-state index is 0.0836. The lowest BCUT2D eigenvalue weighted by molar-refractivity contribution is -0.193. The molecule has 1 aliphatic heterocycles. The number of nitrogens with zero attached hydrogens (tertiary/aromatic N) is 1. The zero-order chi connectivity index (χ0) is 14.8. The first-order valence-corrected chi connectivity index (χ1v) is 7.12. The van der Waals surface area contributed by atoms with E-state index < -0.39 is 23.6 Å². The highest BCUT2D eigenvalue weighted by atomic mass is 19.4. The van der Waals surface area contributed by atoms with Crippen LogP contribution in [0, 0.1) is 5.92 Å². The minimum atomic E-state index is -4.20. The molecule has 0 aromatic heterocycles. The SMILES string of the molecule is O=C(O)C1(N2CCCNCC2)CCC(C(F)(F)F)CC1. The molecule has 0 bridgehead atoms. The molecule has 1 heterocycles. The van der Waals surface area contributed by atoms with Gasteiger partial charge in [0.2, 0.25) is 0 Å². The van der Waals surface area contributed by atoms with Gasteiger partial charge in [-0.2, -0.15) is 13.2 Å². The summed E-state index contributed by atoms with van der Waals surface area (Å²) in [6.45, 7) is 2.74. The van der Waals surface area contributed by atoms with Crippen LogP contribution in [-0.2, 0) is 4.79 Å². The summed E-state index contributed by atoms with van der Waals surface area (Å²) < 4.78 is 38.2. The zero-order valence-electron chi connectivity index (χ0n) is 11.4. The molecule has 0 unspecified atom stereocenters. The summed E-state index contributed by atoms with van der Waals surface area (Å²) in [6, 6.07) is 0. The normalized spacial score (nSPS) is 33.6. The fraction of sp³-hybridized carbons (Fsp3) is 0.923. The lowest BCUT2D eigenvalue weighted by Gasteiger charge is -2.44. The van der Waals surface area contributed by atoms with E-state index in [-0.39, 0.29) is 25.7 Å². The monoisotopic (exact) mass is 294 g/mol. The topological polar surface area (TPSA) is 52.6 Å². The molecule has 4 nitrogen and oxygen atoms in total. The number of hydrogen-bond acceptors (Lipinski definition) is 3. The van der Waals surface area contributed by atoms with E-state index in [4.69, 9.17) is 0 Å². The number of aliphatic carboxylic acids is 1. The molecule has 0 spiro atoms. The molecular weight excluding hydrogens is 273 g/mol. The molecule has 0 aromatic rings. The first kappa shape index (κ1) is 15.6. The standard InChI is InChI=1S/C13H21F3N2O2/c14-13(15,16)10-2-4-12(5-3-10,11(19)20)18-8-1-6-17-7-9-18/h10,17H,1-9H2,(H,19,20). The highest BCUT2D eigenvalue weighted by Gasteiger charge is 2.51. The van der Waals surface area contributed by atoms with Gasteiger partial charge in [-0.1, -0.05) is 0 Å². The van der Waals surface area contributed by atoms with Gasteiger partial charge in [0.05, 0.1) is 5.92 Å². The van der Waals surface area contributed by atoms with Crippen molar-refractivity contribution in [3.63, 3.8) is 0 Å². The highest BCUT2D eigenvalue weighted by Crippen LogP contribution is 2.43. The zero-order valence-corrected chi connectivity index (χ0v) is 11.4. The number of hydrogen-bond donors (Lipinski definition) is 2. The van der Waals surface area contributed by atoms with Crippen molar-refractivity contribution < 1.29 is 23.1 Å². The van der Waals surface area contributed by atoms with Gasteiger partial charge >= 0.3 is 12.1 Å². The molecule has 2 aliphatic rings. The summed E-state index contributed by atoms with van der Waals surface area (Å²) in [5, 5.41) is 12.8. The highest BCUT2D eigenvalue weighted by molar-refractivity contribution is 5.79. The van der Waals surface area contributed by atoms with Crippen LogP contribution in [0.5, 0.6) is 0 Å². The number of carboxylic acids is 1. The molecule has 20 heavy (non-hydrogen) atoms. The molecule has 2 fully saturated rings. The molecule has 1 saturated heterocycles. The Balaban J connectivity index is 2.10. The van der Waals surface area contributed by atoms with Crippen LogP contribution in [0.25, 0.3) is 0 Å². The van der Waals surface area contributed by atoms with Crippen LogP contribution in [0.1, 0.15) is 32.1 Å². The van der Waals surface area contributed by atoms with Crippen LogP contribution in [0.4, 0.5) is 13.2 Å². The van der Waals surface area contributed by atoms with Crippen molar-refractivity contribution >= 4 is 5.97 Å². The molecule has 1 saturated carbocycles. The molecular formula is C13H21F3N2O2. The largest absolute Gasteiger partial charge is 0.480 e. The van der Waals surface area contributed by atoms with Crippen molar-refractivity contribution in [2.75, 3.05) is 26.2 Å². The molecule has 2 rings (SSSR count). The van der Waals surface area contributed by atoms with Crippen LogP contribution in [0.3, 0.4) is 0 Å². The third-order valence-electron chi connectivity index (χ3n) is 4.62. The lowest BCUT2D eigenvalue weighted by atomic mass is 9.75. The molecule has 7 heteroatoms. The predicted molar refractivity (Wildman–Crippen MR) is 67.4 cm³/mol. The van der Waals surface area contributed by atoms with E-state index in [1.165, 1.54) is 0 Å². The maximum absolute atomic E-state index is 12.7. The van der Waals surface area contributed by atoms with Gasteiger partial charge in [-0.15, -0.1) is 0 Å². The Morgan fingerprint density at radius 1 is 1.20 bits per heavy atom. The Kier molecular flexibility index (Phi) is 4.59. The van der Waals surface area contributed by atoms with Gasteiger partial charge in [-0.25, -0.2) is 0 Å². The third kappa shape index (κ3) is 3.09. The van der Waals surface area contributed by atoms with Gasteiger partial charge in [-0.3, -0.25) is 9.69 Å². The smallest absolute Gasteiger partial charge is 0.391 e. The molecule has 0 amide bonds. The molecule has 116 valence electrons. The maximum Gasteiger partial charge on any atom is 0.391 e. The fourth-order valence-electron chi connectivity index (χ4n) is 3.36. The Morgan fingerprint density at radius 2 is 1.85 bits per heavy atom. The molecule has 0 aromatic carbocycles. The van der Waals surface area contributed by atoms with E-state index in [0.717, 1.165) is 13.0 Å². The van der Waals surface area contributed by atoms with E-state index in [2.05, 4.69) is 5.32 Å². The number of carboxylic acid groups (broad SMARTS) is 1. The van der Waals surface area contributed by atoms with Gasteiger partial charge in [-0.05, 0) is 38.6 Å². The van der Waals surface area contributed by atoms with E-state index >= 15 is 0 Å². The van der Waals surface area contributed by atoms with Crippen LogP contribution >= 0.6 is 0 Å². The van der Waals surface area contributed by atoms with Crippen molar-refractivity contribution in [3.8, 4) is 0 Å². The summed E-state index contributed by atoms with van der Waals surface area (Å²) >= 11 is 0. The van der Waals surface area contributed by atoms with E-state index in [1.54, 1.807) is 0 Å². The first-order valence-electron chi connectivity index (χ1n) is 7.12. The second-order valence-electron chi connectivity index (χ2n) is 5.74. The average molecular weight is 294 g/mol. The van der Waals surface area contributed by atoms with Gasteiger partial charge in [0.1, 0.15) is 5.54 Å². The molecule has 0 radical (unpaired) electrons. The summed E-state index contributed by atoms with van der Waals surface area (Å²) in [7, 11) is 0. The van der Waals surface area contributed by atoms with Crippen molar-refractivity contribution in [2.45, 2.75) is 43.8 Å². The number of alkyl halides is 3. The van der Waals surface area contributed by atoms with Crippen LogP contribution < -0.4 is 5.32 Å². The summed E-state index contributed by atoms with van der Waals surface area (Å²) in [5.41, 5.74) is -1.10.